The molecule has 6 N–H and O–H groups in total. The van der Waals surface area contributed by atoms with E-state index in [1.54, 1.807) is 18.5 Å². The van der Waals surface area contributed by atoms with Gasteiger partial charge in [-0.15, -0.1) is 20.4 Å². The van der Waals surface area contributed by atoms with E-state index in [9.17, 15) is 19.8 Å². The van der Waals surface area contributed by atoms with E-state index in [2.05, 4.69) is 79.4 Å². The summed E-state index contributed by atoms with van der Waals surface area (Å²) in [6.07, 6.45) is 10.1. The molecule has 0 unspecified atom stereocenters. The first-order valence-corrected chi connectivity index (χ1v) is 22.9. The highest BCUT2D eigenvalue weighted by molar-refractivity contribution is 5.72. The Kier molecular flexibility index (Phi) is 18.2. The number of pyridine rings is 2. The summed E-state index contributed by atoms with van der Waals surface area (Å²) in [6, 6.07) is 15.4. The van der Waals surface area contributed by atoms with Gasteiger partial charge < -0.3 is 35.2 Å². The molecule has 67 heavy (non-hydrogen) atoms. The van der Waals surface area contributed by atoms with Crippen LogP contribution < -0.4 is 25.0 Å². The Bertz CT molecular complexity index is 2380. The zero-order valence-electron chi connectivity index (χ0n) is 38.9. The molecule has 0 saturated carbocycles. The van der Waals surface area contributed by atoms with Gasteiger partial charge in [-0.05, 0) is 97.9 Å². The van der Waals surface area contributed by atoms with Crippen molar-refractivity contribution in [3.63, 3.8) is 0 Å². The first-order chi connectivity index (χ1) is 32.4. The number of para-hydroxylation sites is 2. The molecule has 2 fully saturated rings. The molecule has 4 atom stereocenters. The molecule has 2 aliphatic heterocycles. The number of carboxylic acids is 2. The van der Waals surface area contributed by atoms with Gasteiger partial charge in [0.25, 0.3) is 0 Å². The number of anilines is 1. The summed E-state index contributed by atoms with van der Waals surface area (Å²) in [5, 5.41) is 54.9. The molecule has 0 radical (unpaired) electrons. The highest BCUT2D eigenvalue weighted by atomic mass is 16.5. The van der Waals surface area contributed by atoms with Crippen LogP contribution in [0.4, 0.5) is 5.69 Å². The SMILES string of the molecule is C=C1CNCC/C1=C(/C=C\C)Oc1ccc(C[C@H](c2nn[nH]n2)[C@H](CC(C)C)C(=O)O)cn1.CC(C)C[C@H](C(=O)O)[C@H](Cc1ccc(Oc2ccccc2N2CCNCC2)nc1)c1nn[nH]n1. The lowest BCUT2D eigenvalue weighted by atomic mass is 9.81. The predicted molar refractivity (Wildman–Crippen MR) is 252 cm³/mol. The van der Waals surface area contributed by atoms with Crippen LogP contribution in [0.3, 0.4) is 0 Å². The van der Waals surface area contributed by atoms with Crippen molar-refractivity contribution in [1.29, 1.82) is 0 Å². The molecule has 7 rings (SSSR count). The minimum absolute atomic E-state index is 0.220. The fourth-order valence-corrected chi connectivity index (χ4v) is 8.38. The summed E-state index contributed by atoms with van der Waals surface area (Å²) in [6.45, 7) is 19.5. The number of H-pyrrole nitrogens is 2. The normalized spacial score (nSPS) is 16.8. The number of nitrogens with one attached hydrogen (secondary N) is 4. The molecule has 19 heteroatoms. The molecule has 356 valence electrons. The molecule has 1 aromatic carbocycles. The molecule has 2 saturated heterocycles. The summed E-state index contributed by atoms with van der Waals surface area (Å²) >= 11 is 0. The highest BCUT2D eigenvalue weighted by Gasteiger charge is 2.34. The number of ether oxygens (including phenoxy) is 2. The topological polar surface area (TPSA) is 255 Å². The number of tetrazole rings is 2. The molecular weight excluding hydrogens is 855 g/mol. The standard InChI is InChI=1S/C24H31N7O3.C24H32N6O3/c1-16(2)13-19(24(32)33)18(23-27-29-30-28-23)14-17-7-8-22(26-15-17)34-21-6-4-3-5-20(21)31-11-9-25-10-12-31;1-5-6-21(18-9-10-25-13-16(18)4)33-22-8-7-17(14-26-22)12-19(23-27-29-30-28-23)20(24(31)32)11-15(2)3/h3-8,15-16,18-19,25H,9-14H2,1-2H3,(H,32,33)(H,27,28,29,30);5-8,14-15,19-20,25H,4,9-13H2,1-3H3,(H,31,32)(H,27,28,29,30)/b;6-5-,21-18+/t18-,19-;19-,20-/m00/s1. The van der Waals surface area contributed by atoms with Gasteiger partial charge in [0.15, 0.2) is 17.4 Å². The van der Waals surface area contributed by atoms with Gasteiger partial charge in [0.05, 0.1) is 17.5 Å². The fourth-order valence-electron chi connectivity index (χ4n) is 8.38. The lowest BCUT2D eigenvalue weighted by molar-refractivity contribution is -0.144. The van der Waals surface area contributed by atoms with Gasteiger partial charge in [-0.25, -0.2) is 9.97 Å². The van der Waals surface area contributed by atoms with Gasteiger partial charge >= 0.3 is 11.9 Å². The number of hydrogen-bond acceptors (Lipinski definition) is 15. The minimum Gasteiger partial charge on any atom is -0.481 e. The van der Waals surface area contributed by atoms with Crippen LogP contribution in [-0.2, 0) is 22.4 Å². The zero-order chi connectivity index (χ0) is 47.7. The van der Waals surface area contributed by atoms with E-state index in [1.807, 2.05) is 83.2 Å². The average molecular weight is 918 g/mol. The van der Waals surface area contributed by atoms with Gasteiger partial charge in [-0.3, -0.25) is 9.59 Å². The summed E-state index contributed by atoms with van der Waals surface area (Å²) < 4.78 is 12.2. The second kappa shape index (κ2) is 24.6. The van der Waals surface area contributed by atoms with E-state index in [4.69, 9.17) is 9.47 Å². The summed E-state index contributed by atoms with van der Waals surface area (Å²) in [5.41, 5.74) is 4.91. The number of carbonyl (C=O) groups is 2. The predicted octanol–water partition coefficient (Wildman–Crippen LogP) is 6.30. The number of piperidine rings is 1. The van der Waals surface area contributed by atoms with Crippen molar-refractivity contribution in [3.05, 3.63) is 119 Å². The largest absolute Gasteiger partial charge is 0.481 e. The number of rotatable bonds is 20. The molecule has 0 amide bonds. The number of benzene rings is 1. The van der Waals surface area contributed by atoms with Crippen LogP contribution in [-0.4, -0.2) is 113 Å². The van der Waals surface area contributed by atoms with Crippen molar-refractivity contribution in [3.8, 4) is 17.5 Å². The lowest BCUT2D eigenvalue weighted by Gasteiger charge is -2.30. The van der Waals surface area contributed by atoms with Gasteiger partial charge in [0.1, 0.15) is 5.76 Å². The van der Waals surface area contributed by atoms with E-state index >= 15 is 0 Å². The Labute approximate surface area is 391 Å². The van der Waals surface area contributed by atoms with Crippen LogP contribution in [0.25, 0.3) is 0 Å². The van der Waals surface area contributed by atoms with Crippen molar-refractivity contribution in [2.75, 3.05) is 44.2 Å². The average Bonchev–Trinajstić information content (AvgIpc) is 4.07. The number of aliphatic carboxylic acids is 2. The third-order valence-corrected chi connectivity index (χ3v) is 11.6. The van der Waals surface area contributed by atoms with E-state index in [1.165, 1.54) is 0 Å². The van der Waals surface area contributed by atoms with Crippen LogP contribution >= 0.6 is 0 Å². The molecule has 0 aliphatic carbocycles. The fraction of sp³-hybridized carbons (Fsp3) is 0.458. The maximum atomic E-state index is 12.1. The third-order valence-electron chi connectivity index (χ3n) is 11.6. The van der Waals surface area contributed by atoms with Gasteiger partial charge in [0.2, 0.25) is 11.8 Å². The summed E-state index contributed by atoms with van der Waals surface area (Å²) in [7, 11) is 0. The number of aromatic amines is 2. The Morgan fingerprint density at radius 2 is 1.34 bits per heavy atom. The molecule has 19 nitrogen and oxygen atoms in total. The molecule has 4 aromatic heterocycles. The van der Waals surface area contributed by atoms with Gasteiger partial charge in [0, 0.05) is 69.1 Å². The van der Waals surface area contributed by atoms with Crippen molar-refractivity contribution >= 4 is 17.6 Å². The Hall–Kier alpha value is -6.86. The third kappa shape index (κ3) is 14.3. The van der Waals surface area contributed by atoms with Gasteiger partial charge in [-0.2, -0.15) is 10.4 Å². The number of piperazine rings is 1. The molecule has 0 bridgehead atoms. The first kappa shape index (κ1) is 49.6. The summed E-state index contributed by atoms with van der Waals surface area (Å²) in [5.74, 6) is -0.112. The first-order valence-electron chi connectivity index (χ1n) is 22.9. The molecular formula is C48H63N13O6. The number of aromatic nitrogens is 10. The summed E-state index contributed by atoms with van der Waals surface area (Å²) in [4.78, 5) is 35.4. The molecule has 5 aromatic rings. The molecule has 0 spiro atoms. The Morgan fingerprint density at radius 3 is 1.82 bits per heavy atom. The van der Waals surface area contributed by atoms with Crippen LogP contribution in [0.1, 0.15) is 88.5 Å². The zero-order valence-corrected chi connectivity index (χ0v) is 38.9. The highest BCUT2D eigenvalue weighted by Crippen LogP contribution is 2.35. The smallest absolute Gasteiger partial charge is 0.307 e. The van der Waals surface area contributed by atoms with E-state index < -0.39 is 35.6 Å². The number of carboxylic acid groups (broad SMARTS) is 2. The molecule has 2 aliphatic rings. The van der Waals surface area contributed by atoms with Crippen LogP contribution in [0.15, 0.2) is 96.6 Å². The monoisotopic (exact) mass is 918 g/mol. The van der Waals surface area contributed by atoms with Crippen molar-refractivity contribution < 1.29 is 29.3 Å². The minimum atomic E-state index is -0.865. The second-order valence-electron chi connectivity index (χ2n) is 17.6. The van der Waals surface area contributed by atoms with Crippen molar-refractivity contribution in [1.82, 2.24) is 61.8 Å². The number of allylic oxidation sites excluding steroid dienone is 2. The quantitative estimate of drug-likeness (QED) is 0.0469. The lowest BCUT2D eigenvalue weighted by Crippen LogP contribution is -2.43. The second-order valence-corrected chi connectivity index (χ2v) is 17.6. The number of nitrogens with zero attached hydrogens (tertiary/aromatic N) is 9. The van der Waals surface area contributed by atoms with Crippen molar-refractivity contribution in [2.24, 2.45) is 23.7 Å². The van der Waals surface area contributed by atoms with E-state index in [-0.39, 0.29) is 11.8 Å². The molecule has 6 heterocycles. The van der Waals surface area contributed by atoms with E-state index in [0.29, 0.717) is 49.1 Å². The maximum absolute atomic E-state index is 12.1. The Morgan fingerprint density at radius 1 is 0.776 bits per heavy atom. The van der Waals surface area contributed by atoms with Crippen molar-refractivity contribution in [2.45, 2.75) is 78.6 Å². The van der Waals surface area contributed by atoms with E-state index in [0.717, 1.165) is 85.2 Å². The maximum Gasteiger partial charge on any atom is 0.307 e. The number of hydrogen-bond donors (Lipinski definition) is 6. The van der Waals surface area contributed by atoms with Crippen LogP contribution in [0.5, 0.6) is 17.5 Å². The van der Waals surface area contributed by atoms with Crippen LogP contribution in [0, 0.1) is 23.7 Å². The van der Waals surface area contributed by atoms with Gasteiger partial charge in [-0.1, -0.05) is 75.0 Å². The van der Waals surface area contributed by atoms with Crippen LogP contribution in [0.2, 0.25) is 0 Å². The Balaban J connectivity index is 0.000000221.